The van der Waals surface area contributed by atoms with Gasteiger partial charge in [-0.2, -0.15) is 0 Å². The quantitative estimate of drug-likeness (QED) is 0.268. The van der Waals surface area contributed by atoms with Crippen LogP contribution in [-0.2, 0) is 16.1 Å². The second-order valence-electron chi connectivity index (χ2n) is 7.21. The fourth-order valence-corrected chi connectivity index (χ4v) is 3.18. The van der Waals surface area contributed by atoms with Crippen molar-refractivity contribution in [1.82, 2.24) is 5.32 Å². The van der Waals surface area contributed by atoms with E-state index in [1.165, 1.54) is 7.11 Å². The van der Waals surface area contributed by atoms with Crippen molar-refractivity contribution in [3.05, 3.63) is 101 Å². The lowest BCUT2D eigenvalue weighted by Gasteiger charge is -2.14. The first-order valence-corrected chi connectivity index (χ1v) is 10.6. The molecular weight excluding hydrogens is 426 g/mol. The minimum absolute atomic E-state index is 0.158. The average molecular weight is 452 g/mol. The Morgan fingerprint density at radius 2 is 1.72 bits per heavy atom. The Kier molecular flexibility index (Phi) is 8.87. The average Bonchev–Trinajstić information content (AvgIpc) is 2.83. The molecule has 32 heavy (non-hydrogen) atoms. The number of hydrogen-bond donors (Lipinski definition) is 2. The summed E-state index contributed by atoms with van der Waals surface area (Å²) in [6, 6.07) is 24.3. The summed E-state index contributed by atoms with van der Waals surface area (Å²) >= 11 is 5.93. The maximum atomic E-state index is 12.3. The third-order valence-electron chi connectivity index (χ3n) is 4.75. The molecule has 0 heterocycles. The number of benzene rings is 3. The van der Waals surface area contributed by atoms with Gasteiger partial charge in [0.05, 0.1) is 12.7 Å². The monoisotopic (exact) mass is 451 g/mol. The number of rotatable bonds is 10. The first kappa shape index (κ1) is 23.5. The molecule has 0 aliphatic rings. The van der Waals surface area contributed by atoms with Crippen LogP contribution in [0, 0.1) is 0 Å². The van der Waals surface area contributed by atoms with E-state index in [1.807, 2.05) is 42.5 Å². The Morgan fingerprint density at radius 1 is 1.03 bits per heavy atom. The third-order valence-corrected chi connectivity index (χ3v) is 5.00. The van der Waals surface area contributed by atoms with Crippen molar-refractivity contribution in [1.29, 1.82) is 0 Å². The molecule has 1 atom stereocenters. The van der Waals surface area contributed by atoms with Crippen LogP contribution < -0.4 is 10.1 Å². The fourth-order valence-electron chi connectivity index (χ4n) is 3.06. The van der Waals surface area contributed by atoms with Gasteiger partial charge in [-0.3, -0.25) is 0 Å². The molecule has 0 fully saturated rings. The Balaban J connectivity index is 1.56. The Bertz CT molecular complexity index is 1020. The number of nitrogens with one attached hydrogen (secondary N) is 1. The van der Waals surface area contributed by atoms with Gasteiger partial charge in [0.15, 0.2) is 0 Å². The van der Waals surface area contributed by atoms with E-state index in [2.05, 4.69) is 5.32 Å². The van der Waals surface area contributed by atoms with E-state index in [9.17, 15) is 9.90 Å². The van der Waals surface area contributed by atoms with Crippen molar-refractivity contribution in [3.63, 3.8) is 0 Å². The molecule has 3 aromatic rings. The van der Waals surface area contributed by atoms with Gasteiger partial charge in [-0.05, 0) is 47.0 Å². The van der Waals surface area contributed by atoms with Crippen LogP contribution in [0.5, 0.6) is 5.75 Å². The van der Waals surface area contributed by atoms with Gasteiger partial charge in [-0.1, -0.05) is 66.2 Å². The summed E-state index contributed by atoms with van der Waals surface area (Å²) in [4.78, 5) is 12.3. The summed E-state index contributed by atoms with van der Waals surface area (Å²) in [5.74, 6) is 0.167. The first-order valence-electron chi connectivity index (χ1n) is 10.3. The largest absolute Gasteiger partial charge is 0.491 e. The van der Waals surface area contributed by atoms with E-state index in [0.29, 0.717) is 35.0 Å². The molecule has 3 rings (SSSR count). The Labute approximate surface area is 193 Å². The molecule has 0 aliphatic heterocycles. The van der Waals surface area contributed by atoms with Gasteiger partial charge >= 0.3 is 5.97 Å². The minimum Gasteiger partial charge on any atom is -0.491 e. The molecular formula is C26H26ClNO4. The normalized spacial score (nSPS) is 12.3. The number of halogens is 1. The number of esters is 1. The number of carbonyl (C=O) groups is 1. The molecule has 0 saturated heterocycles. The molecule has 1 unspecified atom stereocenters. The van der Waals surface area contributed by atoms with Gasteiger partial charge < -0.3 is 19.9 Å². The molecule has 0 aliphatic carbocycles. The standard InChI is InChI=1S/C26H26ClNO4/c1-31-26(30)25(15-19-7-11-22(27)12-8-19)21-9-13-24(14-10-21)32-18-23(29)17-28-16-20-5-3-2-4-6-20/h2-15,23,28-29H,16-18H2,1H3/b25-15-. The van der Waals surface area contributed by atoms with Crippen molar-refractivity contribution < 1.29 is 19.4 Å². The van der Waals surface area contributed by atoms with Crippen LogP contribution in [0.1, 0.15) is 16.7 Å². The summed E-state index contributed by atoms with van der Waals surface area (Å²) < 4.78 is 10.6. The summed E-state index contributed by atoms with van der Waals surface area (Å²) in [6.07, 6.45) is 1.11. The second-order valence-corrected chi connectivity index (χ2v) is 7.64. The van der Waals surface area contributed by atoms with Crippen molar-refractivity contribution in [2.45, 2.75) is 12.6 Å². The highest BCUT2D eigenvalue weighted by Crippen LogP contribution is 2.23. The predicted octanol–water partition coefficient (Wildman–Crippen LogP) is 4.58. The van der Waals surface area contributed by atoms with Crippen LogP contribution in [0.25, 0.3) is 11.6 Å². The molecule has 5 nitrogen and oxygen atoms in total. The summed E-state index contributed by atoms with van der Waals surface area (Å²) in [5, 5.41) is 14.0. The summed E-state index contributed by atoms with van der Waals surface area (Å²) in [5.41, 5.74) is 3.11. The van der Waals surface area contributed by atoms with Gasteiger partial charge in [-0.15, -0.1) is 0 Å². The van der Waals surface area contributed by atoms with Crippen molar-refractivity contribution in [3.8, 4) is 5.75 Å². The molecule has 6 heteroatoms. The first-order chi connectivity index (χ1) is 15.5. The van der Waals surface area contributed by atoms with Crippen LogP contribution in [-0.4, -0.2) is 37.4 Å². The van der Waals surface area contributed by atoms with Crippen LogP contribution >= 0.6 is 11.6 Å². The van der Waals surface area contributed by atoms with E-state index < -0.39 is 12.1 Å². The SMILES string of the molecule is COC(=O)/C(=C\c1ccc(Cl)cc1)c1ccc(OCC(O)CNCc2ccccc2)cc1. The fraction of sp³-hybridized carbons (Fsp3) is 0.192. The molecule has 0 amide bonds. The minimum atomic E-state index is -0.645. The lowest BCUT2D eigenvalue weighted by molar-refractivity contribution is -0.133. The highest BCUT2D eigenvalue weighted by atomic mass is 35.5. The van der Waals surface area contributed by atoms with Gasteiger partial charge in [0, 0.05) is 18.1 Å². The van der Waals surface area contributed by atoms with E-state index in [4.69, 9.17) is 21.1 Å². The van der Waals surface area contributed by atoms with Crippen LogP contribution in [0.15, 0.2) is 78.9 Å². The number of hydrogen-bond acceptors (Lipinski definition) is 5. The highest BCUT2D eigenvalue weighted by molar-refractivity contribution is 6.30. The van der Waals surface area contributed by atoms with Crippen LogP contribution in [0.3, 0.4) is 0 Å². The number of carbonyl (C=O) groups excluding carboxylic acids is 1. The Hall–Kier alpha value is -3.12. The zero-order valence-corrected chi connectivity index (χ0v) is 18.6. The van der Waals surface area contributed by atoms with Gasteiger partial charge in [0.1, 0.15) is 18.5 Å². The molecule has 2 N–H and O–H groups in total. The lowest BCUT2D eigenvalue weighted by Crippen LogP contribution is -2.31. The van der Waals surface area contributed by atoms with Gasteiger partial charge in [0.2, 0.25) is 0 Å². The maximum absolute atomic E-state index is 12.3. The van der Waals surface area contributed by atoms with Crippen LogP contribution in [0.4, 0.5) is 0 Å². The van der Waals surface area contributed by atoms with Gasteiger partial charge in [0.25, 0.3) is 0 Å². The number of aliphatic hydroxyl groups excluding tert-OH is 1. The van der Waals surface area contributed by atoms with E-state index in [0.717, 1.165) is 11.1 Å². The van der Waals surface area contributed by atoms with E-state index in [1.54, 1.807) is 42.5 Å². The highest BCUT2D eigenvalue weighted by Gasteiger charge is 2.13. The zero-order valence-electron chi connectivity index (χ0n) is 17.8. The second kappa shape index (κ2) is 12.1. The molecule has 3 aromatic carbocycles. The number of methoxy groups -OCH3 is 1. The lowest BCUT2D eigenvalue weighted by atomic mass is 10.0. The number of aliphatic hydroxyl groups is 1. The van der Waals surface area contributed by atoms with E-state index >= 15 is 0 Å². The zero-order chi connectivity index (χ0) is 22.8. The maximum Gasteiger partial charge on any atom is 0.338 e. The Morgan fingerprint density at radius 3 is 2.38 bits per heavy atom. The molecule has 0 bridgehead atoms. The number of ether oxygens (including phenoxy) is 2. The molecule has 0 aromatic heterocycles. The van der Waals surface area contributed by atoms with Crippen molar-refractivity contribution in [2.24, 2.45) is 0 Å². The van der Waals surface area contributed by atoms with Gasteiger partial charge in [-0.25, -0.2) is 4.79 Å². The predicted molar refractivity (Wildman–Crippen MR) is 127 cm³/mol. The molecule has 0 spiro atoms. The molecule has 166 valence electrons. The van der Waals surface area contributed by atoms with Crippen LogP contribution in [0.2, 0.25) is 5.02 Å². The third kappa shape index (κ3) is 7.24. The van der Waals surface area contributed by atoms with Crippen molar-refractivity contribution >= 4 is 29.2 Å². The summed E-state index contributed by atoms with van der Waals surface area (Å²) in [6.45, 7) is 1.26. The van der Waals surface area contributed by atoms with E-state index in [-0.39, 0.29) is 6.61 Å². The smallest absolute Gasteiger partial charge is 0.338 e. The molecule has 0 radical (unpaired) electrons. The topological polar surface area (TPSA) is 67.8 Å². The summed E-state index contributed by atoms with van der Waals surface area (Å²) in [7, 11) is 1.35. The molecule has 0 saturated carbocycles. The van der Waals surface area contributed by atoms with Crippen molar-refractivity contribution in [2.75, 3.05) is 20.3 Å².